The van der Waals surface area contributed by atoms with E-state index in [-0.39, 0.29) is 11.4 Å². The number of nitrogens with zero attached hydrogens (tertiary/aromatic N) is 3. The quantitative estimate of drug-likeness (QED) is 0.791. The molecule has 0 unspecified atom stereocenters. The smallest absolute Gasteiger partial charge is 0.396 e. The molecule has 1 amide bonds. The maximum Gasteiger partial charge on any atom is 0.408 e. The van der Waals surface area contributed by atoms with Crippen LogP contribution in [-0.4, -0.2) is 52.9 Å². The highest BCUT2D eigenvalue weighted by Gasteiger charge is 2.29. The molecule has 0 atom stereocenters. The summed E-state index contributed by atoms with van der Waals surface area (Å²) in [5.41, 5.74) is 5.27. The number of alkyl halides is 3. The summed E-state index contributed by atoms with van der Waals surface area (Å²) in [4.78, 5) is 13.9. The van der Waals surface area contributed by atoms with Crippen LogP contribution in [0.2, 0.25) is 0 Å². The van der Waals surface area contributed by atoms with E-state index in [1.165, 1.54) is 0 Å². The minimum Gasteiger partial charge on any atom is -0.396 e. The van der Waals surface area contributed by atoms with Gasteiger partial charge in [-0.05, 0) is 13.1 Å². The van der Waals surface area contributed by atoms with Crippen molar-refractivity contribution in [3.8, 4) is 0 Å². The molecule has 6 nitrogen and oxygen atoms in total. The van der Waals surface area contributed by atoms with Gasteiger partial charge in [0.25, 0.3) is 5.91 Å². The Kier molecular flexibility index (Phi) is 6.01. The fraction of sp³-hybridized carbons (Fsp3) is 0.667. The van der Waals surface area contributed by atoms with E-state index >= 15 is 0 Å². The Morgan fingerprint density at radius 3 is 2.57 bits per heavy atom. The Morgan fingerprint density at radius 2 is 2.05 bits per heavy atom. The third-order valence-electron chi connectivity index (χ3n) is 2.95. The van der Waals surface area contributed by atoms with E-state index in [2.05, 4.69) is 15.3 Å². The molecule has 0 aliphatic rings. The summed E-state index contributed by atoms with van der Waals surface area (Å²) in [6.07, 6.45) is -3.40. The van der Waals surface area contributed by atoms with Crippen LogP contribution in [0.4, 0.5) is 18.9 Å². The van der Waals surface area contributed by atoms with Crippen LogP contribution in [0.25, 0.3) is 0 Å². The van der Waals surface area contributed by atoms with Crippen molar-refractivity contribution in [1.82, 2.24) is 20.0 Å². The summed E-state index contributed by atoms with van der Waals surface area (Å²) in [5, 5.41) is 6.18. The standard InChI is InChI=1S/C12H20F3N5O/c1-3-19(4-2)6-5-17-11(21)10-9(16)7-20(18-10)8-12(13,14)15/h7H,3-6,8,16H2,1-2H3,(H,17,21). The fourth-order valence-electron chi connectivity index (χ4n) is 1.83. The van der Waals surface area contributed by atoms with Crippen molar-refractivity contribution in [3.05, 3.63) is 11.9 Å². The summed E-state index contributed by atoms with van der Waals surface area (Å²) >= 11 is 0. The van der Waals surface area contributed by atoms with Crippen molar-refractivity contribution in [2.24, 2.45) is 0 Å². The number of carbonyl (C=O) groups excluding carboxylic acids is 1. The van der Waals surface area contributed by atoms with Gasteiger partial charge in [-0.25, -0.2) is 0 Å². The van der Waals surface area contributed by atoms with Crippen LogP contribution in [0.15, 0.2) is 6.20 Å². The number of hydrogen-bond acceptors (Lipinski definition) is 4. The van der Waals surface area contributed by atoms with Gasteiger partial charge < -0.3 is 16.0 Å². The summed E-state index contributed by atoms with van der Waals surface area (Å²) in [6, 6.07) is 0. The third-order valence-corrected chi connectivity index (χ3v) is 2.95. The van der Waals surface area contributed by atoms with E-state index in [1.807, 2.05) is 13.8 Å². The number of nitrogens with two attached hydrogens (primary N) is 1. The number of carbonyl (C=O) groups is 1. The largest absolute Gasteiger partial charge is 0.408 e. The number of nitrogen functional groups attached to an aromatic ring is 1. The molecule has 0 aromatic carbocycles. The molecule has 0 bridgehead atoms. The van der Waals surface area contributed by atoms with Crippen molar-refractivity contribution in [2.75, 3.05) is 31.9 Å². The molecule has 0 fully saturated rings. The molecule has 0 aliphatic heterocycles. The predicted molar refractivity (Wildman–Crippen MR) is 72.8 cm³/mol. The number of likely N-dealkylation sites (N-methyl/N-ethyl adjacent to an activating group) is 1. The number of amides is 1. The zero-order valence-electron chi connectivity index (χ0n) is 12.1. The van der Waals surface area contributed by atoms with Crippen LogP contribution < -0.4 is 11.1 Å². The molecule has 1 rings (SSSR count). The lowest BCUT2D eigenvalue weighted by Gasteiger charge is -2.17. The van der Waals surface area contributed by atoms with Gasteiger partial charge in [-0.2, -0.15) is 18.3 Å². The van der Waals surface area contributed by atoms with Crippen molar-refractivity contribution in [2.45, 2.75) is 26.6 Å². The van der Waals surface area contributed by atoms with Crippen molar-refractivity contribution >= 4 is 11.6 Å². The van der Waals surface area contributed by atoms with E-state index in [1.54, 1.807) is 0 Å². The fourth-order valence-corrected chi connectivity index (χ4v) is 1.83. The minimum atomic E-state index is -4.41. The second-order valence-electron chi connectivity index (χ2n) is 4.53. The molecule has 0 spiro atoms. The molecule has 120 valence electrons. The molecule has 1 aromatic heterocycles. The lowest BCUT2D eigenvalue weighted by molar-refractivity contribution is -0.142. The van der Waals surface area contributed by atoms with Gasteiger partial charge in [0.15, 0.2) is 5.69 Å². The first-order valence-electron chi connectivity index (χ1n) is 6.67. The van der Waals surface area contributed by atoms with Crippen LogP contribution in [-0.2, 0) is 6.54 Å². The van der Waals surface area contributed by atoms with Crippen molar-refractivity contribution < 1.29 is 18.0 Å². The third kappa shape index (κ3) is 5.62. The normalized spacial score (nSPS) is 11.9. The Morgan fingerprint density at radius 1 is 1.43 bits per heavy atom. The van der Waals surface area contributed by atoms with E-state index in [4.69, 9.17) is 5.73 Å². The zero-order chi connectivity index (χ0) is 16.0. The Balaban J connectivity index is 2.58. The number of anilines is 1. The molecule has 0 aliphatic carbocycles. The highest BCUT2D eigenvalue weighted by Crippen LogP contribution is 2.18. The molecule has 9 heteroatoms. The van der Waals surface area contributed by atoms with Crippen LogP contribution in [0, 0.1) is 0 Å². The number of hydrogen-bond donors (Lipinski definition) is 2. The molecular weight excluding hydrogens is 287 g/mol. The van der Waals surface area contributed by atoms with Gasteiger partial charge in [0.1, 0.15) is 6.54 Å². The van der Waals surface area contributed by atoms with Gasteiger partial charge in [0.05, 0.1) is 5.69 Å². The molecule has 21 heavy (non-hydrogen) atoms. The van der Waals surface area contributed by atoms with Crippen LogP contribution in [0.1, 0.15) is 24.3 Å². The number of rotatable bonds is 7. The van der Waals surface area contributed by atoms with Crippen LogP contribution in [0.3, 0.4) is 0 Å². The molecule has 0 radical (unpaired) electrons. The number of halogens is 3. The highest BCUT2D eigenvalue weighted by atomic mass is 19.4. The first kappa shape index (κ1) is 17.3. The molecule has 0 saturated carbocycles. The van der Waals surface area contributed by atoms with Crippen LogP contribution >= 0.6 is 0 Å². The first-order chi connectivity index (χ1) is 9.76. The zero-order valence-corrected chi connectivity index (χ0v) is 12.1. The summed E-state index contributed by atoms with van der Waals surface area (Å²) in [6.45, 7) is 5.48. The maximum atomic E-state index is 12.2. The summed E-state index contributed by atoms with van der Waals surface area (Å²) in [7, 11) is 0. The molecule has 3 N–H and O–H groups in total. The summed E-state index contributed by atoms with van der Waals surface area (Å²) < 4.78 is 37.4. The highest BCUT2D eigenvalue weighted by molar-refractivity contribution is 5.96. The lowest BCUT2D eigenvalue weighted by Crippen LogP contribution is -2.35. The Hall–Kier alpha value is -1.77. The number of nitrogens with one attached hydrogen (secondary N) is 1. The Labute approximate surface area is 121 Å². The second-order valence-corrected chi connectivity index (χ2v) is 4.53. The van der Waals surface area contributed by atoms with Gasteiger partial charge in [0.2, 0.25) is 0 Å². The van der Waals surface area contributed by atoms with E-state index < -0.39 is 18.6 Å². The summed E-state index contributed by atoms with van der Waals surface area (Å²) in [5.74, 6) is -0.569. The average Bonchev–Trinajstić information content (AvgIpc) is 2.73. The second kappa shape index (κ2) is 7.30. The lowest BCUT2D eigenvalue weighted by atomic mass is 10.3. The van der Waals surface area contributed by atoms with E-state index in [0.29, 0.717) is 17.8 Å². The van der Waals surface area contributed by atoms with Gasteiger partial charge in [-0.1, -0.05) is 13.8 Å². The SMILES string of the molecule is CCN(CC)CCNC(=O)c1nn(CC(F)(F)F)cc1N. The van der Waals surface area contributed by atoms with Gasteiger partial charge >= 0.3 is 6.18 Å². The van der Waals surface area contributed by atoms with Gasteiger partial charge in [0, 0.05) is 19.3 Å². The average molecular weight is 307 g/mol. The minimum absolute atomic E-state index is 0.0698. The van der Waals surface area contributed by atoms with E-state index in [9.17, 15) is 18.0 Å². The predicted octanol–water partition coefficient (Wildman–Crippen LogP) is 1.10. The van der Waals surface area contributed by atoms with Crippen LogP contribution in [0.5, 0.6) is 0 Å². The van der Waals surface area contributed by atoms with Crippen molar-refractivity contribution in [3.63, 3.8) is 0 Å². The van der Waals surface area contributed by atoms with E-state index in [0.717, 1.165) is 19.3 Å². The molecule has 1 aromatic rings. The van der Waals surface area contributed by atoms with Gasteiger partial charge in [-0.3, -0.25) is 9.48 Å². The van der Waals surface area contributed by atoms with Crippen molar-refractivity contribution in [1.29, 1.82) is 0 Å². The topological polar surface area (TPSA) is 76.2 Å². The Bertz CT molecular complexity index is 468. The van der Waals surface area contributed by atoms with Gasteiger partial charge in [-0.15, -0.1) is 0 Å². The number of aromatic nitrogens is 2. The molecular formula is C12H20F3N5O. The first-order valence-corrected chi connectivity index (χ1v) is 6.67. The molecule has 1 heterocycles. The monoisotopic (exact) mass is 307 g/mol. The molecule has 0 saturated heterocycles. The maximum absolute atomic E-state index is 12.2.